The van der Waals surface area contributed by atoms with Crippen molar-refractivity contribution in [2.24, 2.45) is 11.8 Å². The number of carbonyl (C=O) groups excluding carboxylic acids is 4. The lowest BCUT2D eigenvalue weighted by molar-refractivity contribution is -0.159. The number of carbonyl (C=O) groups is 4. The molecule has 3 atom stereocenters. The molecule has 150 valence electrons. The molecule has 9 heteroatoms. The number of hydrogen-bond donors (Lipinski definition) is 1. The van der Waals surface area contributed by atoms with Crippen molar-refractivity contribution in [1.82, 2.24) is 4.90 Å². The molecule has 29 heavy (non-hydrogen) atoms. The smallest absolute Gasteiger partial charge is 0.329 e. The fourth-order valence-corrected chi connectivity index (χ4v) is 3.65. The van der Waals surface area contributed by atoms with E-state index in [2.05, 4.69) is 5.32 Å². The van der Waals surface area contributed by atoms with Crippen LogP contribution in [-0.4, -0.2) is 41.2 Å². The van der Waals surface area contributed by atoms with E-state index in [-0.39, 0.29) is 11.3 Å². The van der Waals surface area contributed by atoms with Crippen molar-refractivity contribution >= 4 is 41.0 Å². The molecule has 3 amide bonds. The third-order valence-corrected chi connectivity index (χ3v) is 5.23. The Balaban J connectivity index is 1.59. The van der Waals surface area contributed by atoms with Gasteiger partial charge in [0, 0.05) is 5.02 Å². The Labute approximate surface area is 172 Å². The number of rotatable bonds is 5. The van der Waals surface area contributed by atoms with Gasteiger partial charge in [0.25, 0.3) is 5.91 Å². The summed E-state index contributed by atoms with van der Waals surface area (Å²) in [4.78, 5) is 50.4. The summed E-state index contributed by atoms with van der Waals surface area (Å²) in [5.74, 6) is -3.22. The van der Waals surface area contributed by atoms with Crippen molar-refractivity contribution in [2.45, 2.75) is 25.8 Å². The number of nitriles is 1. The Morgan fingerprint density at radius 3 is 2.48 bits per heavy atom. The minimum Gasteiger partial charge on any atom is -0.454 e. The highest BCUT2D eigenvalue weighted by Gasteiger charge is 2.50. The molecule has 0 radical (unpaired) electrons. The van der Waals surface area contributed by atoms with Crippen LogP contribution in [0.4, 0.5) is 5.69 Å². The van der Waals surface area contributed by atoms with Gasteiger partial charge in [-0.15, -0.1) is 0 Å². The van der Waals surface area contributed by atoms with Crippen LogP contribution in [0, 0.1) is 23.2 Å². The molecule has 8 nitrogen and oxygen atoms in total. The topological polar surface area (TPSA) is 117 Å². The van der Waals surface area contributed by atoms with E-state index < -0.39 is 48.2 Å². The van der Waals surface area contributed by atoms with Gasteiger partial charge in [0.15, 0.2) is 6.61 Å². The Morgan fingerprint density at radius 1 is 1.28 bits per heavy atom. The van der Waals surface area contributed by atoms with Crippen LogP contribution in [0.2, 0.25) is 5.02 Å². The summed E-state index contributed by atoms with van der Waals surface area (Å²) in [5, 5.41) is 11.8. The molecule has 1 fully saturated rings. The highest BCUT2D eigenvalue weighted by Crippen LogP contribution is 2.36. The molecule has 1 N–H and O–H groups in total. The van der Waals surface area contributed by atoms with Crippen molar-refractivity contribution in [2.75, 3.05) is 11.9 Å². The second-order valence-electron chi connectivity index (χ2n) is 6.84. The SMILES string of the molecule is C[C@@H](C(=O)OCC(=O)Nc1cc(Cl)ccc1C#N)N1C(=O)[C@H]2CC=CC[C@@H]2C1=O. The van der Waals surface area contributed by atoms with Crippen LogP contribution in [-0.2, 0) is 23.9 Å². The van der Waals surface area contributed by atoms with E-state index in [1.54, 1.807) is 0 Å². The fourth-order valence-electron chi connectivity index (χ4n) is 3.47. The van der Waals surface area contributed by atoms with Gasteiger partial charge in [0.1, 0.15) is 12.1 Å². The average Bonchev–Trinajstić information content (AvgIpc) is 2.96. The maximum absolute atomic E-state index is 12.5. The maximum Gasteiger partial charge on any atom is 0.329 e. The lowest BCUT2D eigenvalue weighted by Crippen LogP contribution is -2.45. The Hall–Kier alpha value is -3.18. The zero-order chi connectivity index (χ0) is 21.1. The highest BCUT2D eigenvalue weighted by molar-refractivity contribution is 6.31. The number of nitrogens with one attached hydrogen (secondary N) is 1. The molecule has 1 aliphatic heterocycles. The van der Waals surface area contributed by atoms with Gasteiger partial charge in [0.2, 0.25) is 11.8 Å². The van der Waals surface area contributed by atoms with E-state index in [1.807, 2.05) is 18.2 Å². The Bertz CT molecular complexity index is 926. The number of benzene rings is 1. The second kappa shape index (κ2) is 8.45. The van der Waals surface area contributed by atoms with E-state index >= 15 is 0 Å². The van der Waals surface area contributed by atoms with Crippen molar-refractivity contribution in [1.29, 1.82) is 5.26 Å². The number of imide groups is 1. The number of nitrogens with zero attached hydrogens (tertiary/aromatic N) is 2. The third-order valence-electron chi connectivity index (χ3n) is 4.99. The van der Waals surface area contributed by atoms with Crippen molar-refractivity contribution in [3.63, 3.8) is 0 Å². The lowest BCUT2D eigenvalue weighted by Gasteiger charge is -2.21. The zero-order valence-corrected chi connectivity index (χ0v) is 16.3. The van der Waals surface area contributed by atoms with Gasteiger partial charge in [-0.25, -0.2) is 4.79 Å². The average molecular weight is 416 g/mol. The molecule has 1 heterocycles. The predicted octanol–water partition coefficient (Wildman–Crippen LogP) is 2.03. The number of halogens is 1. The molecule has 1 saturated heterocycles. The summed E-state index contributed by atoms with van der Waals surface area (Å²) in [6.45, 7) is 0.761. The standard InChI is InChI=1S/C20H18ClN3O5/c1-11(24-18(26)14-4-2-3-5-15(14)19(24)27)20(28)29-10-17(25)23-16-8-13(21)7-6-12(16)9-22/h2-3,6-8,11,14-15H,4-5,10H2,1H3,(H,23,25)/t11-,14-,15-/m0/s1. The summed E-state index contributed by atoms with van der Waals surface area (Å²) in [6.07, 6.45) is 4.65. The molecule has 0 aromatic heterocycles. The Kier molecular flexibility index (Phi) is 5.99. The van der Waals surface area contributed by atoms with Crippen molar-refractivity contribution in [3.8, 4) is 6.07 Å². The number of esters is 1. The largest absolute Gasteiger partial charge is 0.454 e. The predicted molar refractivity (Wildman–Crippen MR) is 102 cm³/mol. The first kappa shape index (κ1) is 20.6. The van der Waals surface area contributed by atoms with Crippen LogP contribution in [0.3, 0.4) is 0 Å². The second-order valence-corrected chi connectivity index (χ2v) is 7.27. The van der Waals surface area contributed by atoms with Gasteiger partial charge >= 0.3 is 5.97 Å². The van der Waals surface area contributed by atoms with Crippen LogP contribution in [0.25, 0.3) is 0 Å². The fraction of sp³-hybridized carbons (Fsp3) is 0.350. The molecule has 0 saturated carbocycles. The van der Waals surface area contributed by atoms with Crippen LogP contribution < -0.4 is 5.32 Å². The summed E-state index contributed by atoms with van der Waals surface area (Å²) in [7, 11) is 0. The number of allylic oxidation sites excluding steroid dienone is 2. The molecule has 1 aromatic carbocycles. The van der Waals surface area contributed by atoms with Crippen LogP contribution in [0.1, 0.15) is 25.3 Å². The van der Waals surface area contributed by atoms with Crippen molar-refractivity contribution < 1.29 is 23.9 Å². The minimum atomic E-state index is -1.13. The number of likely N-dealkylation sites (tertiary alicyclic amines) is 1. The number of ether oxygens (including phenoxy) is 1. The lowest BCUT2D eigenvalue weighted by atomic mass is 9.85. The van der Waals surface area contributed by atoms with E-state index in [0.29, 0.717) is 17.9 Å². The molecule has 1 aliphatic carbocycles. The van der Waals surface area contributed by atoms with Crippen LogP contribution in [0.15, 0.2) is 30.4 Å². The normalized spacial score (nSPS) is 21.3. The minimum absolute atomic E-state index is 0.190. The first-order valence-corrected chi connectivity index (χ1v) is 9.39. The quantitative estimate of drug-likeness (QED) is 0.446. The number of amides is 3. The first-order valence-electron chi connectivity index (χ1n) is 9.01. The van der Waals surface area contributed by atoms with E-state index in [1.165, 1.54) is 25.1 Å². The molecule has 3 rings (SSSR count). The summed E-state index contributed by atoms with van der Waals surface area (Å²) in [5.41, 5.74) is 0.391. The zero-order valence-electron chi connectivity index (χ0n) is 15.6. The number of hydrogen-bond acceptors (Lipinski definition) is 6. The van der Waals surface area contributed by atoms with E-state index in [0.717, 1.165) is 4.90 Å². The molecule has 2 aliphatic rings. The first-order chi connectivity index (χ1) is 13.8. The van der Waals surface area contributed by atoms with Gasteiger partial charge in [-0.3, -0.25) is 19.3 Å². The van der Waals surface area contributed by atoms with Gasteiger partial charge in [-0.05, 0) is 38.0 Å². The third kappa shape index (κ3) is 4.15. The molecule has 0 bridgehead atoms. The van der Waals surface area contributed by atoms with Crippen molar-refractivity contribution in [3.05, 3.63) is 40.9 Å². The summed E-state index contributed by atoms with van der Waals surface area (Å²) in [6, 6.07) is 5.14. The van der Waals surface area contributed by atoms with Gasteiger partial charge in [-0.1, -0.05) is 23.8 Å². The van der Waals surface area contributed by atoms with Crippen LogP contribution in [0.5, 0.6) is 0 Å². The number of anilines is 1. The number of fused-ring (bicyclic) bond motifs is 1. The molecular formula is C20H18ClN3O5. The highest BCUT2D eigenvalue weighted by atomic mass is 35.5. The molecule has 1 aromatic rings. The van der Waals surface area contributed by atoms with Crippen LogP contribution >= 0.6 is 11.6 Å². The molecular weight excluding hydrogens is 398 g/mol. The maximum atomic E-state index is 12.5. The summed E-state index contributed by atoms with van der Waals surface area (Å²) >= 11 is 5.86. The molecule has 0 unspecified atom stereocenters. The van der Waals surface area contributed by atoms with Gasteiger partial charge in [-0.2, -0.15) is 5.26 Å². The monoisotopic (exact) mass is 415 g/mol. The Morgan fingerprint density at radius 2 is 1.90 bits per heavy atom. The van der Waals surface area contributed by atoms with E-state index in [4.69, 9.17) is 21.6 Å². The van der Waals surface area contributed by atoms with Gasteiger partial charge < -0.3 is 10.1 Å². The summed E-state index contributed by atoms with van der Waals surface area (Å²) < 4.78 is 4.98. The van der Waals surface area contributed by atoms with E-state index in [9.17, 15) is 19.2 Å². The molecule has 0 spiro atoms. The van der Waals surface area contributed by atoms with Gasteiger partial charge in [0.05, 0.1) is 23.1 Å².